The van der Waals surface area contributed by atoms with Crippen LogP contribution in [0.15, 0.2) is 24.5 Å². The van der Waals surface area contributed by atoms with Gasteiger partial charge in [0.1, 0.15) is 11.3 Å². The number of rotatable bonds is 3. The summed E-state index contributed by atoms with van der Waals surface area (Å²) in [5, 5.41) is 12.9. The number of anilines is 2. The molecular formula is C19H26N6. The van der Waals surface area contributed by atoms with Crippen LogP contribution in [0.2, 0.25) is 0 Å². The van der Waals surface area contributed by atoms with Gasteiger partial charge in [0.05, 0.1) is 16.9 Å². The maximum atomic E-state index is 4.95. The van der Waals surface area contributed by atoms with Crippen LogP contribution in [-0.2, 0) is 5.54 Å². The van der Waals surface area contributed by atoms with Crippen molar-refractivity contribution < 1.29 is 0 Å². The highest BCUT2D eigenvalue weighted by molar-refractivity contribution is 5.72. The Labute approximate surface area is 148 Å². The maximum absolute atomic E-state index is 4.95. The van der Waals surface area contributed by atoms with E-state index in [9.17, 15) is 0 Å². The lowest BCUT2D eigenvalue weighted by atomic mass is 10.0. The number of aryl methyl sites for hydroxylation is 1. The normalized spacial score (nSPS) is 16.0. The molecule has 25 heavy (non-hydrogen) atoms. The fourth-order valence-corrected chi connectivity index (χ4v) is 3.68. The van der Waals surface area contributed by atoms with Gasteiger partial charge in [0.15, 0.2) is 5.82 Å². The number of nitrogens with zero attached hydrogens (tertiary/aromatic N) is 5. The van der Waals surface area contributed by atoms with Gasteiger partial charge < -0.3 is 5.32 Å². The molecule has 0 amide bonds. The van der Waals surface area contributed by atoms with Gasteiger partial charge in [0.2, 0.25) is 0 Å². The molecule has 3 aromatic rings. The number of aromatic nitrogens is 5. The van der Waals surface area contributed by atoms with E-state index in [2.05, 4.69) is 46.9 Å². The monoisotopic (exact) mass is 338 g/mol. The molecule has 1 saturated carbocycles. The first-order valence-corrected chi connectivity index (χ1v) is 9.10. The molecule has 3 aromatic heterocycles. The first-order valence-electron chi connectivity index (χ1n) is 9.10. The quantitative estimate of drug-likeness (QED) is 0.769. The van der Waals surface area contributed by atoms with Gasteiger partial charge in [-0.3, -0.25) is 0 Å². The highest BCUT2D eigenvalue weighted by Gasteiger charge is 2.25. The molecule has 0 spiro atoms. The summed E-state index contributed by atoms with van der Waals surface area (Å²) in [5.74, 6) is 2.39. The Bertz CT molecular complexity index is 892. The van der Waals surface area contributed by atoms with E-state index in [0.717, 1.165) is 22.8 Å². The summed E-state index contributed by atoms with van der Waals surface area (Å²) >= 11 is 0. The lowest BCUT2D eigenvalue weighted by Gasteiger charge is -2.22. The van der Waals surface area contributed by atoms with Crippen LogP contribution in [-0.4, -0.2) is 24.4 Å². The number of hydrogen-bond acceptors (Lipinski definition) is 4. The van der Waals surface area contributed by atoms with Gasteiger partial charge >= 0.3 is 0 Å². The van der Waals surface area contributed by atoms with Crippen molar-refractivity contribution in [2.75, 3.05) is 5.32 Å². The van der Waals surface area contributed by atoms with E-state index >= 15 is 0 Å². The molecule has 6 heteroatoms. The third kappa shape index (κ3) is 3.01. The van der Waals surface area contributed by atoms with Crippen LogP contribution in [0.25, 0.3) is 5.52 Å². The molecular weight excluding hydrogens is 312 g/mol. The second-order valence-electron chi connectivity index (χ2n) is 8.03. The summed E-state index contributed by atoms with van der Waals surface area (Å²) in [4.78, 5) is 4.53. The first kappa shape index (κ1) is 16.1. The SMILES string of the molecule is Cc1cc2c(Nc3cc(C4CCCC4)nn3C(C)(C)C)nccn2n1. The first-order chi connectivity index (χ1) is 11.9. The molecule has 1 N–H and O–H groups in total. The number of hydrogen-bond donors (Lipinski definition) is 1. The van der Waals surface area contributed by atoms with E-state index in [0.29, 0.717) is 5.92 Å². The summed E-state index contributed by atoms with van der Waals surface area (Å²) in [5.41, 5.74) is 3.06. The van der Waals surface area contributed by atoms with Crippen LogP contribution in [0.4, 0.5) is 11.6 Å². The smallest absolute Gasteiger partial charge is 0.157 e. The van der Waals surface area contributed by atoms with Crippen LogP contribution in [0.1, 0.15) is 63.8 Å². The minimum absolute atomic E-state index is 0.0968. The maximum Gasteiger partial charge on any atom is 0.157 e. The molecule has 0 unspecified atom stereocenters. The summed E-state index contributed by atoms with van der Waals surface area (Å²) in [6.07, 6.45) is 8.76. The van der Waals surface area contributed by atoms with Gasteiger partial charge in [-0.05, 0) is 46.6 Å². The zero-order chi connectivity index (χ0) is 17.6. The second-order valence-corrected chi connectivity index (χ2v) is 8.03. The molecule has 0 atom stereocenters. The largest absolute Gasteiger partial charge is 0.323 e. The third-order valence-corrected chi connectivity index (χ3v) is 4.90. The molecule has 0 aliphatic heterocycles. The van der Waals surface area contributed by atoms with E-state index in [1.165, 1.54) is 31.4 Å². The van der Waals surface area contributed by atoms with Crippen molar-refractivity contribution in [2.24, 2.45) is 0 Å². The highest BCUT2D eigenvalue weighted by atomic mass is 15.4. The molecule has 1 fully saturated rings. The van der Waals surface area contributed by atoms with Crippen molar-refractivity contribution in [3.05, 3.63) is 35.9 Å². The van der Waals surface area contributed by atoms with E-state index in [4.69, 9.17) is 5.10 Å². The number of fused-ring (bicyclic) bond motifs is 1. The summed E-state index contributed by atoms with van der Waals surface area (Å²) in [6, 6.07) is 4.25. The Morgan fingerprint density at radius 1 is 1.12 bits per heavy atom. The Balaban J connectivity index is 1.75. The molecule has 0 saturated heterocycles. The summed E-state index contributed by atoms with van der Waals surface area (Å²) in [7, 11) is 0. The van der Waals surface area contributed by atoms with Crippen molar-refractivity contribution in [3.8, 4) is 0 Å². The predicted octanol–water partition coefficient (Wildman–Crippen LogP) is 4.39. The third-order valence-electron chi connectivity index (χ3n) is 4.90. The van der Waals surface area contributed by atoms with Crippen LogP contribution < -0.4 is 5.32 Å². The van der Waals surface area contributed by atoms with E-state index in [1.807, 2.05) is 23.7 Å². The minimum Gasteiger partial charge on any atom is -0.323 e. The Morgan fingerprint density at radius 2 is 1.88 bits per heavy atom. The molecule has 1 aliphatic carbocycles. The van der Waals surface area contributed by atoms with Crippen molar-refractivity contribution in [3.63, 3.8) is 0 Å². The fraction of sp³-hybridized carbons (Fsp3) is 0.526. The van der Waals surface area contributed by atoms with Crippen molar-refractivity contribution in [2.45, 2.75) is 64.8 Å². The zero-order valence-electron chi connectivity index (χ0n) is 15.5. The average molecular weight is 338 g/mol. The van der Waals surface area contributed by atoms with Gasteiger partial charge in [0.25, 0.3) is 0 Å². The zero-order valence-corrected chi connectivity index (χ0v) is 15.5. The van der Waals surface area contributed by atoms with E-state index in [-0.39, 0.29) is 5.54 Å². The van der Waals surface area contributed by atoms with E-state index < -0.39 is 0 Å². The van der Waals surface area contributed by atoms with Crippen molar-refractivity contribution in [1.82, 2.24) is 24.4 Å². The Kier molecular flexibility index (Phi) is 3.78. The van der Waals surface area contributed by atoms with Gasteiger partial charge in [-0.2, -0.15) is 10.2 Å². The van der Waals surface area contributed by atoms with Crippen LogP contribution in [0, 0.1) is 6.92 Å². The van der Waals surface area contributed by atoms with Crippen LogP contribution in [0.3, 0.4) is 0 Å². The molecule has 6 nitrogen and oxygen atoms in total. The standard InChI is InChI=1S/C19H26N6/c1-13-11-16-18(20-9-10-24(16)22-13)21-17-12-15(14-7-5-6-8-14)23-25(17)19(2,3)4/h9-12,14H,5-8H2,1-4H3,(H,20,21). The van der Waals surface area contributed by atoms with Crippen molar-refractivity contribution in [1.29, 1.82) is 0 Å². The molecule has 4 rings (SSSR count). The molecule has 0 bridgehead atoms. The Hall–Kier alpha value is -2.37. The lowest BCUT2D eigenvalue weighted by molar-refractivity contribution is 0.357. The highest BCUT2D eigenvalue weighted by Crippen LogP contribution is 2.36. The number of nitrogens with one attached hydrogen (secondary N) is 1. The fourth-order valence-electron chi connectivity index (χ4n) is 3.68. The van der Waals surface area contributed by atoms with Crippen LogP contribution in [0.5, 0.6) is 0 Å². The summed E-state index contributed by atoms with van der Waals surface area (Å²) < 4.78 is 3.95. The van der Waals surface area contributed by atoms with Gasteiger partial charge in [-0.15, -0.1) is 0 Å². The average Bonchev–Trinajstić information content (AvgIpc) is 3.23. The molecule has 132 valence electrons. The molecule has 3 heterocycles. The lowest BCUT2D eigenvalue weighted by Crippen LogP contribution is -2.25. The van der Waals surface area contributed by atoms with Gasteiger partial charge in [0, 0.05) is 24.4 Å². The topological polar surface area (TPSA) is 60.0 Å². The van der Waals surface area contributed by atoms with Gasteiger partial charge in [-0.1, -0.05) is 12.8 Å². The second kappa shape index (κ2) is 5.86. The van der Waals surface area contributed by atoms with Crippen molar-refractivity contribution >= 4 is 17.2 Å². The van der Waals surface area contributed by atoms with Gasteiger partial charge in [-0.25, -0.2) is 14.2 Å². The van der Waals surface area contributed by atoms with Crippen LogP contribution >= 0.6 is 0 Å². The van der Waals surface area contributed by atoms with E-state index in [1.54, 1.807) is 6.20 Å². The predicted molar refractivity (Wildman–Crippen MR) is 99.4 cm³/mol. The summed E-state index contributed by atoms with van der Waals surface area (Å²) in [6.45, 7) is 8.54. The molecule has 0 radical (unpaired) electrons. The Morgan fingerprint density at radius 3 is 2.60 bits per heavy atom. The molecule has 0 aromatic carbocycles. The minimum atomic E-state index is -0.0968. The molecule has 1 aliphatic rings.